The molecule has 0 radical (unpaired) electrons. The van der Waals surface area contributed by atoms with Crippen LogP contribution in [0, 0.1) is 5.82 Å². The third-order valence-electron chi connectivity index (χ3n) is 7.41. The van der Waals surface area contributed by atoms with Gasteiger partial charge in [-0.15, -0.1) is 0 Å². The molecule has 1 aromatic carbocycles. The highest BCUT2D eigenvalue weighted by Crippen LogP contribution is 2.29. The van der Waals surface area contributed by atoms with Crippen LogP contribution in [0.1, 0.15) is 56.1 Å². The van der Waals surface area contributed by atoms with E-state index in [0.717, 1.165) is 51.9 Å². The highest BCUT2D eigenvalue weighted by atomic mass is 19.1. The van der Waals surface area contributed by atoms with Gasteiger partial charge in [-0.05, 0) is 49.9 Å². The van der Waals surface area contributed by atoms with E-state index in [1.807, 2.05) is 18.2 Å². The summed E-state index contributed by atoms with van der Waals surface area (Å²) in [6.07, 6.45) is 4.31. The fraction of sp³-hybridized carbons (Fsp3) is 0.519. The van der Waals surface area contributed by atoms with Crippen molar-refractivity contribution < 1.29 is 9.18 Å². The van der Waals surface area contributed by atoms with E-state index in [0.29, 0.717) is 39.8 Å². The van der Waals surface area contributed by atoms with Crippen LogP contribution in [-0.4, -0.2) is 78.4 Å². The number of rotatable bonds is 5. The van der Waals surface area contributed by atoms with Crippen LogP contribution in [0.4, 0.5) is 15.8 Å². The molecule has 2 fully saturated rings. The second-order valence-electron chi connectivity index (χ2n) is 10.3. The number of hydrogen-bond donors (Lipinski definition) is 1. The third kappa shape index (κ3) is 4.70. The van der Waals surface area contributed by atoms with Gasteiger partial charge in [-0.2, -0.15) is 4.67 Å². The van der Waals surface area contributed by atoms with Crippen LogP contribution in [0.15, 0.2) is 29.3 Å². The molecule has 9 heteroatoms. The Balaban J connectivity index is 1.39. The maximum Gasteiger partial charge on any atom is 0.496 e. The molecule has 0 spiro atoms. The third-order valence-corrected chi connectivity index (χ3v) is 7.41. The normalized spacial score (nSPS) is 18.1. The molecule has 1 saturated heterocycles. The summed E-state index contributed by atoms with van der Waals surface area (Å²) in [6.45, 7) is 7.86. The SMILES string of the molecule is CC(C)N1CCN(c2ccc(NC3=[N+]=C=c4cc(C(=O)N(C)C)n(C5CCCC5)c4=N3)cc2F)CC1. The molecule has 1 aliphatic carbocycles. The maximum atomic E-state index is 15.1. The van der Waals surface area contributed by atoms with Crippen molar-refractivity contribution in [3.05, 3.63) is 46.5 Å². The summed E-state index contributed by atoms with van der Waals surface area (Å²) in [5, 5.41) is 3.85. The Morgan fingerprint density at radius 3 is 2.53 bits per heavy atom. The predicted molar refractivity (Wildman–Crippen MR) is 141 cm³/mol. The Bertz CT molecular complexity index is 1350. The van der Waals surface area contributed by atoms with Crippen molar-refractivity contribution in [2.75, 3.05) is 50.5 Å². The van der Waals surface area contributed by atoms with E-state index >= 15 is 4.39 Å². The lowest BCUT2D eigenvalue weighted by Gasteiger charge is -2.38. The van der Waals surface area contributed by atoms with Crippen molar-refractivity contribution >= 4 is 29.1 Å². The van der Waals surface area contributed by atoms with Crippen molar-refractivity contribution in [1.82, 2.24) is 19.0 Å². The van der Waals surface area contributed by atoms with Gasteiger partial charge in [0.15, 0.2) is 5.87 Å². The van der Waals surface area contributed by atoms with Gasteiger partial charge in [-0.3, -0.25) is 9.69 Å². The van der Waals surface area contributed by atoms with E-state index in [4.69, 9.17) is 4.99 Å². The van der Waals surface area contributed by atoms with Crippen LogP contribution >= 0.6 is 0 Å². The number of nitrogens with zero attached hydrogens (tertiary/aromatic N) is 6. The minimum absolute atomic E-state index is 0.0605. The van der Waals surface area contributed by atoms with E-state index in [2.05, 4.69) is 44.1 Å². The summed E-state index contributed by atoms with van der Waals surface area (Å²) < 4.78 is 21.5. The number of benzene rings is 1. The van der Waals surface area contributed by atoms with Gasteiger partial charge >= 0.3 is 5.96 Å². The lowest BCUT2D eigenvalue weighted by molar-refractivity contribution is 0.0814. The molecular weight excluding hydrogens is 457 g/mol. The van der Waals surface area contributed by atoms with Crippen molar-refractivity contribution in [2.45, 2.75) is 51.6 Å². The second kappa shape index (κ2) is 9.94. The first-order chi connectivity index (χ1) is 17.3. The molecule has 5 rings (SSSR count). The number of carbonyl (C=O) groups excluding carboxylic acids is 1. The van der Waals surface area contributed by atoms with E-state index in [9.17, 15) is 4.79 Å². The zero-order valence-corrected chi connectivity index (χ0v) is 21.6. The van der Waals surface area contributed by atoms with Gasteiger partial charge in [0.25, 0.3) is 5.91 Å². The van der Waals surface area contributed by atoms with Crippen molar-refractivity contribution in [3.8, 4) is 0 Å². The lowest BCUT2D eigenvalue weighted by Crippen LogP contribution is -2.49. The Morgan fingerprint density at radius 2 is 1.89 bits per heavy atom. The minimum atomic E-state index is -0.267. The van der Waals surface area contributed by atoms with E-state index in [1.54, 1.807) is 19.0 Å². The quantitative estimate of drug-likeness (QED) is 0.642. The monoisotopic (exact) mass is 492 g/mol. The molecule has 2 aromatic rings. The molecule has 0 unspecified atom stereocenters. The second-order valence-corrected chi connectivity index (χ2v) is 10.3. The molecule has 3 aliphatic rings. The van der Waals surface area contributed by atoms with Crippen LogP contribution in [0.3, 0.4) is 0 Å². The molecule has 1 N–H and O–H groups in total. The number of fused-ring (bicyclic) bond motifs is 1. The van der Waals surface area contributed by atoms with Crippen LogP contribution in [-0.2, 0) is 0 Å². The molecule has 1 aromatic heterocycles. The number of carbonyl (C=O) groups is 1. The number of guanidine groups is 1. The fourth-order valence-electron chi connectivity index (χ4n) is 5.38. The number of nitrogens with one attached hydrogen (secondary N) is 1. The number of halogens is 1. The van der Waals surface area contributed by atoms with Gasteiger partial charge < -0.3 is 14.4 Å². The Hall–Kier alpha value is -3.38. The van der Waals surface area contributed by atoms with E-state index in [-0.39, 0.29) is 17.8 Å². The average molecular weight is 493 g/mol. The van der Waals surface area contributed by atoms with Crippen molar-refractivity contribution in [1.29, 1.82) is 0 Å². The highest BCUT2D eigenvalue weighted by molar-refractivity contribution is 5.96. The number of aromatic nitrogens is 1. The van der Waals surface area contributed by atoms with Crippen LogP contribution in [0.25, 0.3) is 0 Å². The van der Waals surface area contributed by atoms with Gasteiger partial charge in [0.2, 0.25) is 5.49 Å². The molecule has 2 aliphatic heterocycles. The minimum Gasteiger partial charge on any atom is -0.367 e. The molecule has 0 atom stereocenters. The summed E-state index contributed by atoms with van der Waals surface area (Å²) in [5.74, 6) is 3.04. The smallest absolute Gasteiger partial charge is 0.367 e. The summed E-state index contributed by atoms with van der Waals surface area (Å²) >= 11 is 0. The number of amides is 1. The first kappa shape index (κ1) is 24.3. The summed E-state index contributed by atoms with van der Waals surface area (Å²) in [6, 6.07) is 7.73. The largest absolute Gasteiger partial charge is 0.496 e. The molecule has 36 heavy (non-hydrogen) atoms. The first-order valence-electron chi connectivity index (χ1n) is 12.9. The maximum absolute atomic E-state index is 15.1. The molecule has 1 amide bonds. The molecule has 3 heterocycles. The van der Waals surface area contributed by atoms with Crippen LogP contribution in [0.5, 0.6) is 0 Å². The molecule has 190 valence electrons. The molecule has 8 nitrogen and oxygen atoms in total. The van der Waals surface area contributed by atoms with Crippen LogP contribution < -0.4 is 25.6 Å². The fourth-order valence-corrected chi connectivity index (χ4v) is 5.38. The lowest BCUT2D eigenvalue weighted by atomic mass is 10.2. The Labute approximate surface area is 211 Å². The van der Waals surface area contributed by atoms with E-state index in [1.165, 1.54) is 6.07 Å². The van der Waals surface area contributed by atoms with Crippen LogP contribution in [0.2, 0.25) is 0 Å². The van der Waals surface area contributed by atoms with Gasteiger partial charge in [-0.1, -0.05) is 12.8 Å². The average Bonchev–Trinajstić information content (AvgIpc) is 3.51. The van der Waals surface area contributed by atoms with Gasteiger partial charge in [0, 0.05) is 58.4 Å². The zero-order chi connectivity index (χ0) is 25.4. The number of hydrogen-bond acceptors (Lipinski definition) is 5. The standard InChI is InChI=1S/C27H34FN7O/c1-18(2)33-11-13-34(14-12-33)23-10-9-20(16-22(23)28)30-27-29-17-19-15-24(26(36)32(3)4)35(25(19)31-27)21-7-5-6-8-21/h9-10,15-16,18,21H,5-8,11-14H2,1-4H3/p+1. The topological polar surface area (TPSA) is 70.2 Å². The zero-order valence-electron chi connectivity index (χ0n) is 21.6. The van der Waals surface area contributed by atoms with Crippen molar-refractivity contribution in [2.24, 2.45) is 4.99 Å². The van der Waals surface area contributed by atoms with Gasteiger partial charge in [0.05, 0.1) is 5.69 Å². The first-order valence-corrected chi connectivity index (χ1v) is 12.9. The molecular formula is C27H35FN7O+. The molecule has 1 saturated carbocycles. The molecule has 0 bridgehead atoms. The van der Waals surface area contributed by atoms with Crippen molar-refractivity contribution in [3.63, 3.8) is 0 Å². The van der Waals surface area contributed by atoms with E-state index < -0.39 is 0 Å². The highest BCUT2D eigenvalue weighted by Gasteiger charge is 2.28. The summed E-state index contributed by atoms with van der Waals surface area (Å²) in [4.78, 5) is 23.7. The van der Waals surface area contributed by atoms with Gasteiger partial charge in [0.1, 0.15) is 22.4 Å². The number of piperazine rings is 1. The Kier molecular flexibility index (Phi) is 6.71. The summed E-state index contributed by atoms with van der Waals surface area (Å²) in [7, 11) is 3.51. The Morgan fingerprint density at radius 1 is 1.17 bits per heavy atom. The summed E-state index contributed by atoms with van der Waals surface area (Å²) in [5.41, 5.74) is 2.49. The van der Waals surface area contributed by atoms with Gasteiger partial charge in [-0.25, -0.2) is 9.71 Å². The predicted octanol–water partition coefficient (Wildman–Crippen LogP) is 1.48. The number of anilines is 2.